The summed E-state index contributed by atoms with van der Waals surface area (Å²) >= 11 is 0. The molecule has 2 rings (SSSR count). The lowest BCUT2D eigenvalue weighted by atomic mass is 9.81. The van der Waals surface area contributed by atoms with Crippen molar-refractivity contribution in [2.24, 2.45) is 11.8 Å². The summed E-state index contributed by atoms with van der Waals surface area (Å²) in [5.41, 5.74) is 2.26. The molecule has 2 N–H and O–H groups in total. The highest BCUT2D eigenvalue weighted by Gasteiger charge is 2.30. The summed E-state index contributed by atoms with van der Waals surface area (Å²) in [5.74, 6) is -1.31. The fourth-order valence-electron chi connectivity index (χ4n) is 2.69. The molecule has 1 aliphatic carbocycles. The fraction of sp³-hybridized carbons (Fsp3) is 0.500. The van der Waals surface area contributed by atoms with Crippen molar-refractivity contribution in [2.75, 3.05) is 0 Å². The Labute approximate surface area is 119 Å². The second-order valence-corrected chi connectivity index (χ2v) is 5.60. The number of rotatable bonds is 4. The molecule has 1 amide bonds. The second kappa shape index (κ2) is 6.55. The van der Waals surface area contributed by atoms with Crippen LogP contribution < -0.4 is 5.32 Å². The molecule has 4 heteroatoms. The van der Waals surface area contributed by atoms with E-state index in [1.165, 1.54) is 5.56 Å². The van der Waals surface area contributed by atoms with Gasteiger partial charge in [0.05, 0.1) is 5.92 Å². The van der Waals surface area contributed by atoms with Gasteiger partial charge in [0.25, 0.3) is 0 Å². The highest BCUT2D eigenvalue weighted by atomic mass is 16.4. The Balaban J connectivity index is 1.85. The van der Waals surface area contributed by atoms with Crippen LogP contribution in [0, 0.1) is 18.8 Å². The van der Waals surface area contributed by atoms with Gasteiger partial charge in [-0.15, -0.1) is 0 Å². The average Bonchev–Trinajstić information content (AvgIpc) is 2.46. The van der Waals surface area contributed by atoms with Crippen LogP contribution >= 0.6 is 0 Å². The Morgan fingerprint density at radius 1 is 1.20 bits per heavy atom. The minimum Gasteiger partial charge on any atom is -0.481 e. The molecule has 0 aliphatic heterocycles. The van der Waals surface area contributed by atoms with Crippen molar-refractivity contribution < 1.29 is 14.7 Å². The van der Waals surface area contributed by atoms with E-state index in [0.29, 0.717) is 19.4 Å². The zero-order valence-corrected chi connectivity index (χ0v) is 11.8. The minimum absolute atomic E-state index is 0.0171. The van der Waals surface area contributed by atoms with E-state index in [2.05, 4.69) is 5.32 Å². The molecular weight excluding hydrogens is 254 g/mol. The number of carboxylic acid groups (broad SMARTS) is 1. The number of aliphatic carboxylic acids is 1. The number of aryl methyl sites for hydroxylation is 1. The van der Waals surface area contributed by atoms with Gasteiger partial charge in [0.1, 0.15) is 0 Å². The second-order valence-electron chi connectivity index (χ2n) is 5.60. The molecule has 0 radical (unpaired) electrons. The first kappa shape index (κ1) is 14.6. The quantitative estimate of drug-likeness (QED) is 0.887. The first-order chi connectivity index (χ1) is 9.56. The monoisotopic (exact) mass is 275 g/mol. The third-order valence-electron chi connectivity index (χ3n) is 3.98. The van der Waals surface area contributed by atoms with E-state index in [9.17, 15) is 9.59 Å². The Morgan fingerprint density at radius 2 is 1.85 bits per heavy atom. The van der Waals surface area contributed by atoms with Gasteiger partial charge in [0, 0.05) is 12.5 Å². The van der Waals surface area contributed by atoms with E-state index >= 15 is 0 Å². The lowest BCUT2D eigenvalue weighted by Crippen LogP contribution is -2.35. The topological polar surface area (TPSA) is 66.4 Å². The molecule has 0 saturated heterocycles. The number of hydrogen-bond acceptors (Lipinski definition) is 2. The number of nitrogens with one attached hydrogen (secondary N) is 1. The summed E-state index contributed by atoms with van der Waals surface area (Å²) in [4.78, 5) is 23.1. The lowest BCUT2D eigenvalue weighted by molar-refractivity contribution is -0.144. The first-order valence-corrected chi connectivity index (χ1v) is 7.12. The standard InChI is InChI=1S/C16H21NO3/c1-11-5-7-12(8-6-11)10-17-15(18)13-3-2-4-14(9-13)16(19)20/h5-8,13-14H,2-4,9-10H2,1H3,(H,17,18)(H,19,20). The minimum atomic E-state index is -0.777. The Hall–Kier alpha value is -1.84. The molecule has 108 valence electrons. The molecule has 0 spiro atoms. The molecule has 20 heavy (non-hydrogen) atoms. The summed E-state index contributed by atoms with van der Waals surface area (Å²) in [6.07, 6.45) is 2.77. The third-order valence-corrected chi connectivity index (χ3v) is 3.98. The molecule has 4 nitrogen and oxygen atoms in total. The van der Waals surface area contributed by atoms with Crippen LogP contribution in [-0.4, -0.2) is 17.0 Å². The van der Waals surface area contributed by atoms with Crippen LogP contribution in [0.5, 0.6) is 0 Å². The Bertz CT molecular complexity index is 481. The first-order valence-electron chi connectivity index (χ1n) is 7.12. The number of amides is 1. The van der Waals surface area contributed by atoms with Crippen LogP contribution in [0.4, 0.5) is 0 Å². The van der Waals surface area contributed by atoms with Crippen molar-refractivity contribution in [3.05, 3.63) is 35.4 Å². The molecule has 1 saturated carbocycles. The summed E-state index contributed by atoms with van der Waals surface area (Å²) in [5, 5.41) is 12.0. The van der Waals surface area contributed by atoms with Gasteiger partial charge in [0.15, 0.2) is 0 Å². The van der Waals surface area contributed by atoms with E-state index in [4.69, 9.17) is 5.11 Å². The number of benzene rings is 1. The average molecular weight is 275 g/mol. The molecule has 2 atom stereocenters. The highest BCUT2D eigenvalue weighted by molar-refractivity contribution is 5.80. The van der Waals surface area contributed by atoms with E-state index in [1.807, 2.05) is 31.2 Å². The van der Waals surface area contributed by atoms with Crippen LogP contribution in [0.1, 0.15) is 36.8 Å². The third kappa shape index (κ3) is 3.83. The van der Waals surface area contributed by atoms with Crippen LogP contribution in [0.15, 0.2) is 24.3 Å². The molecule has 1 aromatic rings. The van der Waals surface area contributed by atoms with Crippen molar-refractivity contribution in [2.45, 2.75) is 39.2 Å². The van der Waals surface area contributed by atoms with Crippen LogP contribution in [-0.2, 0) is 16.1 Å². The maximum atomic E-state index is 12.1. The Morgan fingerprint density at radius 3 is 2.50 bits per heavy atom. The van der Waals surface area contributed by atoms with Crippen molar-refractivity contribution in [3.63, 3.8) is 0 Å². The summed E-state index contributed by atoms with van der Waals surface area (Å²) < 4.78 is 0. The van der Waals surface area contributed by atoms with Gasteiger partial charge < -0.3 is 10.4 Å². The summed E-state index contributed by atoms with van der Waals surface area (Å²) in [6, 6.07) is 8.03. The number of carboxylic acids is 1. The van der Waals surface area contributed by atoms with Gasteiger partial charge in [-0.3, -0.25) is 9.59 Å². The molecule has 0 aromatic heterocycles. The molecule has 0 bridgehead atoms. The Kier molecular flexibility index (Phi) is 4.77. The van der Waals surface area contributed by atoms with Crippen molar-refractivity contribution in [3.8, 4) is 0 Å². The number of carbonyl (C=O) groups is 2. The van der Waals surface area contributed by atoms with Crippen LogP contribution in [0.3, 0.4) is 0 Å². The smallest absolute Gasteiger partial charge is 0.306 e. The normalized spacial score (nSPS) is 22.2. The predicted octanol–water partition coefficient (Wildman–Crippen LogP) is 2.50. The molecule has 1 fully saturated rings. The molecular formula is C16H21NO3. The number of carbonyl (C=O) groups excluding carboxylic acids is 1. The van der Waals surface area contributed by atoms with Crippen molar-refractivity contribution >= 4 is 11.9 Å². The number of hydrogen-bond donors (Lipinski definition) is 2. The maximum absolute atomic E-state index is 12.1. The fourth-order valence-corrected chi connectivity index (χ4v) is 2.69. The maximum Gasteiger partial charge on any atom is 0.306 e. The van der Waals surface area contributed by atoms with Gasteiger partial charge in [-0.1, -0.05) is 36.2 Å². The molecule has 1 aliphatic rings. The van der Waals surface area contributed by atoms with Crippen LogP contribution in [0.25, 0.3) is 0 Å². The zero-order valence-electron chi connectivity index (χ0n) is 11.8. The van der Waals surface area contributed by atoms with E-state index in [1.54, 1.807) is 0 Å². The van der Waals surface area contributed by atoms with Gasteiger partial charge in [-0.25, -0.2) is 0 Å². The van der Waals surface area contributed by atoms with E-state index in [0.717, 1.165) is 18.4 Å². The summed E-state index contributed by atoms with van der Waals surface area (Å²) in [6.45, 7) is 2.53. The summed E-state index contributed by atoms with van der Waals surface area (Å²) in [7, 11) is 0. The van der Waals surface area contributed by atoms with Crippen LogP contribution in [0.2, 0.25) is 0 Å². The van der Waals surface area contributed by atoms with Crippen molar-refractivity contribution in [1.29, 1.82) is 0 Å². The van der Waals surface area contributed by atoms with E-state index in [-0.39, 0.29) is 17.7 Å². The van der Waals surface area contributed by atoms with Gasteiger partial charge >= 0.3 is 5.97 Å². The predicted molar refractivity (Wildman–Crippen MR) is 76.1 cm³/mol. The molecule has 1 aromatic carbocycles. The lowest BCUT2D eigenvalue weighted by Gasteiger charge is -2.25. The van der Waals surface area contributed by atoms with Gasteiger partial charge in [0.2, 0.25) is 5.91 Å². The zero-order chi connectivity index (χ0) is 14.5. The van der Waals surface area contributed by atoms with E-state index < -0.39 is 5.97 Å². The highest BCUT2D eigenvalue weighted by Crippen LogP contribution is 2.29. The molecule has 0 heterocycles. The van der Waals surface area contributed by atoms with Crippen molar-refractivity contribution in [1.82, 2.24) is 5.32 Å². The molecule has 2 unspecified atom stereocenters. The largest absolute Gasteiger partial charge is 0.481 e. The van der Waals surface area contributed by atoms with Gasteiger partial charge in [-0.05, 0) is 31.7 Å². The van der Waals surface area contributed by atoms with Gasteiger partial charge in [-0.2, -0.15) is 0 Å². The SMILES string of the molecule is Cc1ccc(CNC(=O)C2CCCC(C(=O)O)C2)cc1.